The Balaban J connectivity index is 2.15. The van der Waals surface area contributed by atoms with E-state index in [9.17, 15) is 10.2 Å². The minimum atomic E-state index is -0.0862. The summed E-state index contributed by atoms with van der Waals surface area (Å²) in [7, 11) is 0. The molecule has 2 rings (SSSR count). The van der Waals surface area contributed by atoms with E-state index in [-0.39, 0.29) is 12.4 Å². The fourth-order valence-electron chi connectivity index (χ4n) is 2.68. The van der Waals surface area contributed by atoms with Crippen molar-refractivity contribution in [1.82, 2.24) is 9.88 Å². The Kier molecular flexibility index (Phi) is 5.15. The van der Waals surface area contributed by atoms with Gasteiger partial charge >= 0.3 is 0 Å². The molecule has 0 unspecified atom stereocenters. The molecule has 1 atom stereocenters. The number of hydrogen-bond acceptors (Lipinski definition) is 4. The zero-order valence-electron chi connectivity index (χ0n) is 12.3. The third-order valence-electron chi connectivity index (χ3n) is 3.98. The van der Waals surface area contributed by atoms with Gasteiger partial charge in [-0.1, -0.05) is 31.9 Å². The first-order chi connectivity index (χ1) is 9.67. The molecule has 0 saturated carbocycles. The van der Waals surface area contributed by atoms with Crippen LogP contribution in [0.15, 0.2) is 18.3 Å². The van der Waals surface area contributed by atoms with Crippen LogP contribution in [0.25, 0.3) is 0 Å². The van der Waals surface area contributed by atoms with Crippen LogP contribution >= 0.6 is 0 Å². The quantitative estimate of drug-likeness (QED) is 0.784. The van der Waals surface area contributed by atoms with Gasteiger partial charge in [0.2, 0.25) is 0 Å². The van der Waals surface area contributed by atoms with E-state index in [0.29, 0.717) is 23.8 Å². The van der Waals surface area contributed by atoms with E-state index in [1.165, 1.54) is 12.8 Å². The van der Waals surface area contributed by atoms with Crippen LogP contribution < -0.4 is 0 Å². The lowest BCUT2D eigenvalue weighted by molar-refractivity contribution is 0.238. The van der Waals surface area contributed by atoms with Gasteiger partial charge in [-0.15, -0.1) is 0 Å². The molecule has 4 heteroatoms. The summed E-state index contributed by atoms with van der Waals surface area (Å²) in [5.74, 6) is 0.220. The van der Waals surface area contributed by atoms with Gasteiger partial charge in [-0.05, 0) is 13.3 Å². The van der Waals surface area contributed by atoms with Crippen molar-refractivity contribution >= 4 is 0 Å². The standard InChI is InChI=1S/C16H24N2O2/c1-3-4-6-14-7-5-8-18(14)10-15-13(11-19)9-17-12(2)16(15)20/h5,7,9,14,19-20H,3-4,6,8,10-11H2,1-2H3/t14-/m1/s1. The molecule has 110 valence electrons. The van der Waals surface area contributed by atoms with Gasteiger partial charge in [0.05, 0.1) is 12.3 Å². The molecular formula is C16H24N2O2. The third kappa shape index (κ3) is 3.19. The summed E-state index contributed by atoms with van der Waals surface area (Å²) in [5.41, 5.74) is 2.15. The number of aryl methyl sites for hydroxylation is 1. The smallest absolute Gasteiger partial charge is 0.141 e. The molecule has 0 radical (unpaired) electrons. The van der Waals surface area contributed by atoms with Crippen molar-refractivity contribution in [1.29, 1.82) is 0 Å². The molecule has 0 fully saturated rings. The van der Waals surface area contributed by atoms with Crippen LogP contribution in [0.3, 0.4) is 0 Å². The first kappa shape index (κ1) is 15.0. The highest BCUT2D eigenvalue weighted by atomic mass is 16.3. The summed E-state index contributed by atoms with van der Waals surface area (Å²) in [5, 5.41) is 19.6. The monoisotopic (exact) mass is 276 g/mol. The van der Waals surface area contributed by atoms with Gasteiger partial charge in [0.25, 0.3) is 0 Å². The second-order valence-electron chi connectivity index (χ2n) is 5.42. The summed E-state index contributed by atoms with van der Waals surface area (Å²) < 4.78 is 0. The number of pyridine rings is 1. The Hall–Kier alpha value is -1.39. The molecule has 0 spiro atoms. The van der Waals surface area contributed by atoms with Crippen molar-refractivity contribution in [2.24, 2.45) is 0 Å². The van der Waals surface area contributed by atoms with Gasteiger partial charge < -0.3 is 10.2 Å². The topological polar surface area (TPSA) is 56.6 Å². The average molecular weight is 276 g/mol. The van der Waals surface area contributed by atoms with Crippen molar-refractivity contribution in [3.05, 3.63) is 35.2 Å². The molecular weight excluding hydrogens is 252 g/mol. The number of aromatic hydroxyl groups is 1. The highest BCUT2D eigenvalue weighted by molar-refractivity contribution is 5.40. The van der Waals surface area contributed by atoms with Gasteiger partial charge in [0.1, 0.15) is 5.75 Å². The molecule has 0 aliphatic carbocycles. The Morgan fingerprint density at radius 3 is 2.95 bits per heavy atom. The molecule has 0 saturated heterocycles. The van der Waals surface area contributed by atoms with E-state index in [1.54, 1.807) is 13.1 Å². The van der Waals surface area contributed by atoms with Crippen LogP contribution in [0.2, 0.25) is 0 Å². The molecule has 1 aromatic rings. The van der Waals surface area contributed by atoms with Crippen molar-refractivity contribution in [3.8, 4) is 5.75 Å². The first-order valence-corrected chi connectivity index (χ1v) is 7.35. The van der Waals surface area contributed by atoms with Crippen molar-refractivity contribution < 1.29 is 10.2 Å². The highest BCUT2D eigenvalue weighted by Crippen LogP contribution is 2.28. The minimum absolute atomic E-state index is 0.0862. The minimum Gasteiger partial charge on any atom is -0.506 e. The summed E-state index contributed by atoms with van der Waals surface area (Å²) >= 11 is 0. The fourth-order valence-corrected chi connectivity index (χ4v) is 2.68. The molecule has 1 aromatic heterocycles. The zero-order chi connectivity index (χ0) is 14.5. The van der Waals surface area contributed by atoms with E-state index >= 15 is 0 Å². The van der Waals surface area contributed by atoms with E-state index in [4.69, 9.17) is 0 Å². The van der Waals surface area contributed by atoms with Crippen molar-refractivity contribution in [2.75, 3.05) is 6.54 Å². The SMILES string of the molecule is CCCC[C@@H]1C=CCN1Cc1c(CO)cnc(C)c1O. The molecule has 1 aliphatic rings. The Morgan fingerprint density at radius 1 is 1.45 bits per heavy atom. The highest BCUT2D eigenvalue weighted by Gasteiger charge is 2.22. The number of rotatable bonds is 6. The van der Waals surface area contributed by atoms with Crippen LogP contribution in [0, 0.1) is 6.92 Å². The molecule has 4 nitrogen and oxygen atoms in total. The molecule has 1 aliphatic heterocycles. The predicted molar refractivity (Wildman–Crippen MR) is 79.4 cm³/mol. The van der Waals surface area contributed by atoms with Crippen LogP contribution in [-0.2, 0) is 13.2 Å². The third-order valence-corrected chi connectivity index (χ3v) is 3.98. The predicted octanol–water partition coefficient (Wildman–Crippen LogP) is 2.52. The number of hydrogen-bond donors (Lipinski definition) is 2. The van der Waals surface area contributed by atoms with E-state index in [2.05, 4.69) is 29.0 Å². The number of aliphatic hydroxyl groups excluding tert-OH is 1. The molecule has 0 amide bonds. The van der Waals surface area contributed by atoms with Crippen molar-refractivity contribution in [2.45, 2.75) is 52.3 Å². The summed E-state index contributed by atoms with van der Waals surface area (Å²) in [6, 6.07) is 0.439. The second kappa shape index (κ2) is 6.86. The van der Waals surface area contributed by atoms with E-state index in [1.807, 2.05) is 0 Å². The van der Waals surface area contributed by atoms with Crippen LogP contribution in [0.5, 0.6) is 5.75 Å². The first-order valence-electron chi connectivity index (χ1n) is 7.35. The van der Waals surface area contributed by atoms with Crippen LogP contribution in [0.1, 0.15) is 43.0 Å². The maximum absolute atomic E-state index is 10.2. The van der Waals surface area contributed by atoms with Crippen LogP contribution in [-0.4, -0.2) is 32.7 Å². The van der Waals surface area contributed by atoms with E-state index < -0.39 is 0 Å². The second-order valence-corrected chi connectivity index (χ2v) is 5.42. The van der Waals surface area contributed by atoms with Crippen LogP contribution in [0.4, 0.5) is 0 Å². The maximum atomic E-state index is 10.2. The van der Waals surface area contributed by atoms with Gasteiger partial charge in [0.15, 0.2) is 0 Å². The van der Waals surface area contributed by atoms with Gasteiger partial charge in [0, 0.05) is 36.5 Å². The maximum Gasteiger partial charge on any atom is 0.141 e. The Morgan fingerprint density at radius 2 is 2.25 bits per heavy atom. The lowest BCUT2D eigenvalue weighted by Gasteiger charge is -2.25. The fraction of sp³-hybridized carbons (Fsp3) is 0.562. The summed E-state index contributed by atoms with van der Waals surface area (Å²) in [4.78, 5) is 6.45. The van der Waals surface area contributed by atoms with E-state index in [0.717, 1.165) is 18.5 Å². The lowest BCUT2D eigenvalue weighted by Crippen LogP contribution is -2.30. The normalized spacial score (nSPS) is 18.9. The van der Waals surface area contributed by atoms with Gasteiger partial charge in [-0.2, -0.15) is 0 Å². The van der Waals surface area contributed by atoms with Crippen molar-refractivity contribution in [3.63, 3.8) is 0 Å². The largest absolute Gasteiger partial charge is 0.506 e. The van der Waals surface area contributed by atoms with Gasteiger partial charge in [-0.25, -0.2) is 0 Å². The number of unbranched alkanes of at least 4 members (excludes halogenated alkanes) is 1. The summed E-state index contributed by atoms with van der Waals surface area (Å²) in [6.07, 6.45) is 9.64. The molecule has 2 heterocycles. The van der Waals surface area contributed by atoms with Gasteiger partial charge in [-0.3, -0.25) is 9.88 Å². The number of aliphatic hydroxyl groups is 1. The Bertz CT molecular complexity index is 486. The molecule has 2 N–H and O–H groups in total. The number of aromatic nitrogens is 1. The Labute approximate surface area is 120 Å². The summed E-state index contributed by atoms with van der Waals surface area (Å²) in [6.45, 7) is 5.46. The average Bonchev–Trinajstić information content (AvgIpc) is 2.89. The molecule has 0 bridgehead atoms. The zero-order valence-corrected chi connectivity index (χ0v) is 12.3. The number of nitrogens with zero attached hydrogens (tertiary/aromatic N) is 2. The molecule has 0 aromatic carbocycles. The molecule has 20 heavy (non-hydrogen) atoms. The lowest BCUT2D eigenvalue weighted by atomic mass is 10.1.